The number of nitrogens with one attached hydrogen (secondary N) is 2. The zero-order chi connectivity index (χ0) is 11.7. The third kappa shape index (κ3) is 1.74. The van der Waals surface area contributed by atoms with Gasteiger partial charge < -0.3 is 11.1 Å². The Kier molecular flexibility index (Phi) is 2.35. The van der Waals surface area contributed by atoms with Gasteiger partial charge in [-0.15, -0.1) is 0 Å². The molecule has 0 saturated carbocycles. The lowest BCUT2D eigenvalue weighted by Gasteiger charge is -2.01. The Balaban J connectivity index is 2.21. The van der Waals surface area contributed by atoms with E-state index in [0.29, 0.717) is 22.8 Å². The van der Waals surface area contributed by atoms with Gasteiger partial charge in [0.15, 0.2) is 5.82 Å². The number of carbonyl (C=O) groups is 1. The molecule has 2 aromatic rings. The third-order valence-corrected chi connectivity index (χ3v) is 2.17. The van der Waals surface area contributed by atoms with Crippen molar-refractivity contribution >= 4 is 17.4 Å². The van der Waals surface area contributed by atoms with Crippen LogP contribution in [0.15, 0.2) is 12.4 Å². The molecule has 0 aliphatic carbocycles. The minimum absolute atomic E-state index is 0.262. The molecular formula is C9H12N6O. The van der Waals surface area contributed by atoms with Crippen LogP contribution in [-0.2, 0) is 7.05 Å². The van der Waals surface area contributed by atoms with Crippen LogP contribution in [0, 0.1) is 6.92 Å². The number of amides is 1. The smallest absolute Gasteiger partial charge is 0.260 e. The standard InChI is InChI=1S/C9H12N6O/c1-5-6(4-15(2)14-5)9(16)12-8-7(10)3-11-13-8/h3-4H,10H2,1-2H3,(H2,11,12,13,16). The number of aromatic amines is 1. The van der Waals surface area contributed by atoms with Crippen LogP contribution in [0.2, 0.25) is 0 Å². The molecular weight excluding hydrogens is 208 g/mol. The maximum atomic E-state index is 11.8. The second-order valence-electron chi connectivity index (χ2n) is 3.46. The normalized spacial score (nSPS) is 10.4. The van der Waals surface area contributed by atoms with Crippen molar-refractivity contribution in [3.05, 3.63) is 23.7 Å². The summed E-state index contributed by atoms with van der Waals surface area (Å²) in [5.74, 6) is 0.134. The zero-order valence-electron chi connectivity index (χ0n) is 8.98. The van der Waals surface area contributed by atoms with Crippen molar-refractivity contribution in [3.63, 3.8) is 0 Å². The molecule has 4 N–H and O–H groups in total. The minimum Gasteiger partial charge on any atom is -0.394 e. The highest BCUT2D eigenvalue weighted by Gasteiger charge is 2.14. The van der Waals surface area contributed by atoms with Gasteiger partial charge in [-0.2, -0.15) is 10.2 Å². The van der Waals surface area contributed by atoms with Gasteiger partial charge in [-0.3, -0.25) is 14.6 Å². The van der Waals surface area contributed by atoms with Crippen LogP contribution in [0.5, 0.6) is 0 Å². The average Bonchev–Trinajstić information content (AvgIpc) is 2.74. The summed E-state index contributed by atoms with van der Waals surface area (Å²) in [7, 11) is 1.76. The number of H-pyrrole nitrogens is 1. The molecule has 0 aliphatic rings. The number of aromatic nitrogens is 4. The quantitative estimate of drug-likeness (QED) is 0.676. The molecule has 7 nitrogen and oxygen atoms in total. The maximum Gasteiger partial charge on any atom is 0.260 e. The minimum atomic E-state index is -0.262. The Hall–Kier alpha value is -2.31. The van der Waals surface area contributed by atoms with E-state index in [4.69, 9.17) is 5.73 Å². The van der Waals surface area contributed by atoms with Gasteiger partial charge in [0.05, 0.1) is 23.1 Å². The number of hydrogen-bond acceptors (Lipinski definition) is 4. The summed E-state index contributed by atoms with van der Waals surface area (Å²) in [6.45, 7) is 1.77. The Morgan fingerprint density at radius 2 is 2.38 bits per heavy atom. The summed E-state index contributed by atoms with van der Waals surface area (Å²) in [5.41, 5.74) is 7.15. The summed E-state index contributed by atoms with van der Waals surface area (Å²) >= 11 is 0. The Morgan fingerprint density at radius 3 is 2.88 bits per heavy atom. The number of carbonyl (C=O) groups excluding carboxylic acids is 1. The van der Waals surface area contributed by atoms with Crippen molar-refractivity contribution in [2.45, 2.75) is 6.92 Å². The summed E-state index contributed by atoms with van der Waals surface area (Å²) in [6.07, 6.45) is 3.09. The fraction of sp³-hybridized carbons (Fsp3) is 0.222. The summed E-state index contributed by atoms with van der Waals surface area (Å²) in [6, 6.07) is 0. The monoisotopic (exact) mass is 220 g/mol. The molecule has 16 heavy (non-hydrogen) atoms. The van der Waals surface area contributed by atoms with Crippen molar-refractivity contribution in [2.75, 3.05) is 11.1 Å². The van der Waals surface area contributed by atoms with Crippen LogP contribution >= 0.6 is 0 Å². The number of nitrogens with two attached hydrogens (primary N) is 1. The molecule has 0 aliphatic heterocycles. The van der Waals surface area contributed by atoms with Crippen LogP contribution in [0.4, 0.5) is 11.5 Å². The van der Waals surface area contributed by atoms with Gasteiger partial charge >= 0.3 is 0 Å². The van der Waals surface area contributed by atoms with Gasteiger partial charge in [-0.1, -0.05) is 0 Å². The highest BCUT2D eigenvalue weighted by atomic mass is 16.1. The van der Waals surface area contributed by atoms with Crippen molar-refractivity contribution < 1.29 is 4.79 Å². The van der Waals surface area contributed by atoms with Crippen LogP contribution in [0.3, 0.4) is 0 Å². The van der Waals surface area contributed by atoms with Crippen molar-refractivity contribution in [1.82, 2.24) is 20.0 Å². The first kappa shape index (κ1) is 10.2. The zero-order valence-corrected chi connectivity index (χ0v) is 8.98. The molecule has 7 heteroatoms. The molecule has 1 amide bonds. The second-order valence-corrected chi connectivity index (χ2v) is 3.46. The molecule has 0 bridgehead atoms. The predicted molar refractivity (Wildman–Crippen MR) is 58.9 cm³/mol. The molecule has 0 fully saturated rings. The maximum absolute atomic E-state index is 11.8. The van der Waals surface area contributed by atoms with E-state index in [-0.39, 0.29) is 5.91 Å². The average molecular weight is 220 g/mol. The van der Waals surface area contributed by atoms with Gasteiger partial charge in [0.2, 0.25) is 0 Å². The van der Waals surface area contributed by atoms with E-state index in [2.05, 4.69) is 20.6 Å². The van der Waals surface area contributed by atoms with E-state index >= 15 is 0 Å². The molecule has 0 saturated heterocycles. The SMILES string of the molecule is Cc1nn(C)cc1C(=O)Nc1[nH]ncc1N. The van der Waals surface area contributed by atoms with Gasteiger partial charge in [0, 0.05) is 13.2 Å². The molecule has 0 spiro atoms. The van der Waals surface area contributed by atoms with Crippen molar-refractivity contribution in [1.29, 1.82) is 0 Å². The number of nitrogen functional groups attached to an aromatic ring is 1. The molecule has 84 valence electrons. The van der Waals surface area contributed by atoms with Gasteiger partial charge in [-0.05, 0) is 6.92 Å². The lowest BCUT2D eigenvalue weighted by atomic mass is 10.2. The Morgan fingerprint density at radius 1 is 1.62 bits per heavy atom. The highest BCUT2D eigenvalue weighted by Crippen LogP contribution is 2.14. The third-order valence-electron chi connectivity index (χ3n) is 2.17. The van der Waals surface area contributed by atoms with E-state index in [1.807, 2.05) is 0 Å². The summed E-state index contributed by atoms with van der Waals surface area (Å²) in [5, 5.41) is 13.0. The molecule has 0 aromatic carbocycles. The predicted octanol–water partition coefficient (Wildman–Crippen LogP) is 0.286. The topological polar surface area (TPSA) is 102 Å². The lowest BCUT2D eigenvalue weighted by Crippen LogP contribution is -2.13. The second kappa shape index (κ2) is 3.69. The van der Waals surface area contributed by atoms with E-state index in [9.17, 15) is 4.79 Å². The van der Waals surface area contributed by atoms with E-state index in [1.54, 1.807) is 24.9 Å². The molecule has 0 unspecified atom stereocenters. The molecule has 2 aromatic heterocycles. The Labute approximate surface area is 91.6 Å². The van der Waals surface area contributed by atoms with Gasteiger partial charge in [0.25, 0.3) is 5.91 Å². The number of anilines is 2. The highest BCUT2D eigenvalue weighted by molar-refractivity contribution is 6.05. The van der Waals surface area contributed by atoms with Gasteiger partial charge in [0.1, 0.15) is 0 Å². The summed E-state index contributed by atoms with van der Waals surface area (Å²) < 4.78 is 1.58. The largest absolute Gasteiger partial charge is 0.394 e. The van der Waals surface area contributed by atoms with E-state index in [1.165, 1.54) is 6.20 Å². The number of nitrogens with zero attached hydrogens (tertiary/aromatic N) is 3. The van der Waals surface area contributed by atoms with E-state index in [0.717, 1.165) is 0 Å². The Bertz CT molecular complexity index is 526. The number of rotatable bonds is 2. The number of hydrogen-bond donors (Lipinski definition) is 3. The molecule has 0 atom stereocenters. The van der Waals surface area contributed by atoms with Crippen molar-refractivity contribution in [2.24, 2.45) is 7.05 Å². The first-order chi connectivity index (χ1) is 7.58. The fourth-order valence-corrected chi connectivity index (χ4v) is 1.40. The van der Waals surface area contributed by atoms with Crippen LogP contribution in [0.1, 0.15) is 16.1 Å². The number of aryl methyl sites for hydroxylation is 2. The molecule has 2 heterocycles. The van der Waals surface area contributed by atoms with Gasteiger partial charge in [-0.25, -0.2) is 0 Å². The summed E-state index contributed by atoms with van der Waals surface area (Å²) in [4.78, 5) is 11.8. The molecule has 0 radical (unpaired) electrons. The van der Waals surface area contributed by atoms with Crippen molar-refractivity contribution in [3.8, 4) is 0 Å². The van der Waals surface area contributed by atoms with Crippen LogP contribution in [-0.4, -0.2) is 25.9 Å². The lowest BCUT2D eigenvalue weighted by molar-refractivity contribution is 0.102. The molecule has 2 rings (SSSR count). The van der Waals surface area contributed by atoms with Crippen LogP contribution in [0.25, 0.3) is 0 Å². The van der Waals surface area contributed by atoms with Crippen LogP contribution < -0.4 is 11.1 Å². The first-order valence-electron chi connectivity index (χ1n) is 4.68. The van der Waals surface area contributed by atoms with E-state index < -0.39 is 0 Å². The fourth-order valence-electron chi connectivity index (χ4n) is 1.40. The first-order valence-corrected chi connectivity index (χ1v) is 4.68.